The van der Waals surface area contributed by atoms with E-state index in [2.05, 4.69) is 34.4 Å². The van der Waals surface area contributed by atoms with Gasteiger partial charge in [0.05, 0.1) is 26.9 Å². The zero-order valence-corrected chi connectivity index (χ0v) is 19.8. The first-order valence-electron chi connectivity index (χ1n) is 9.59. The highest BCUT2D eigenvalue weighted by Gasteiger charge is 2.28. The molecular formula is C20H35IN4O3. The van der Waals surface area contributed by atoms with Crippen LogP contribution in [0.4, 0.5) is 0 Å². The van der Waals surface area contributed by atoms with Crippen LogP contribution in [0.15, 0.2) is 29.3 Å². The molecule has 0 aliphatic carbocycles. The van der Waals surface area contributed by atoms with Gasteiger partial charge in [0.2, 0.25) is 0 Å². The van der Waals surface area contributed by atoms with Crippen molar-refractivity contribution in [1.82, 2.24) is 15.5 Å². The Morgan fingerprint density at radius 2 is 1.93 bits per heavy atom. The summed E-state index contributed by atoms with van der Waals surface area (Å²) < 4.78 is 16.4. The Morgan fingerprint density at radius 1 is 1.21 bits per heavy atom. The van der Waals surface area contributed by atoms with Crippen LogP contribution in [0.2, 0.25) is 0 Å². The number of aliphatic imine (C=N–C) groups is 1. The topological polar surface area (TPSA) is 67.4 Å². The van der Waals surface area contributed by atoms with Gasteiger partial charge in [0.15, 0.2) is 5.96 Å². The van der Waals surface area contributed by atoms with Gasteiger partial charge in [-0.2, -0.15) is 0 Å². The molecule has 0 aromatic heterocycles. The molecule has 2 rings (SSSR count). The van der Waals surface area contributed by atoms with E-state index in [9.17, 15) is 0 Å². The Kier molecular flexibility index (Phi) is 11.6. The third-order valence-electron chi connectivity index (χ3n) is 4.70. The summed E-state index contributed by atoms with van der Waals surface area (Å²) in [6.07, 6.45) is 0.880. The van der Waals surface area contributed by atoms with E-state index in [0.717, 1.165) is 63.3 Å². The molecule has 1 saturated heterocycles. The minimum absolute atomic E-state index is 0. The van der Waals surface area contributed by atoms with Gasteiger partial charge in [0.25, 0.3) is 0 Å². The molecule has 0 unspecified atom stereocenters. The lowest BCUT2D eigenvalue weighted by molar-refractivity contribution is -0.00833. The summed E-state index contributed by atoms with van der Waals surface area (Å²) in [5, 5.41) is 6.77. The summed E-state index contributed by atoms with van der Waals surface area (Å²) >= 11 is 0. The molecule has 2 N–H and O–H groups in total. The second-order valence-corrected chi connectivity index (χ2v) is 7.15. The van der Waals surface area contributed by atoms with Crippen LogP contribution in [0.1, 0.15) is 20.3 Å². The van der Waals surface area contributed by atoms with Crippen LogP contribution < -0.4 is 20.1 Å². The maximum absolute atomic E-state index is 5.76. The molecule has 1 aromatic rings. The Bertz CT molecular complexity index is 593. The van der Waals surface area contributed by atoms with E-state index in [1.165, 1.54) is 0 Å². The number of guanidine groups is 1. The van der Waals surface area contributed by atoms with E-state index in [4.69, 9.17) is 14.2 Å². The molecule has 8 heteroatoms. The van der Waals surface area contributed by atoms with Gasteiger partial charge < -0.3 is 24.8 Å². The van der Waals surface area contributed by atoms with Crippen molar-refractivity contribution in [3.05, 3.63) is 24.3 Å². The minimum atomic E-state index is 0. The fourth-order valence-electron chi connectivity index (χ4n) is 2.96. The van der Waals surface area contributed by atoms with E-state index in [1.807, 2.05) is 24.3 Å². The molecule has 0 amide bonds. The summed E-state index contributed by atoms with van der Waals surface area (Å²) in [7, 11) is 3.45. The molecule has 1 fully saturated rings. The normalized spacial score (nSPS) is 15.5. The van der Waals surface area contributed by atoms with E-state index >= 15 is 0 Å². The fraction of sp³-hybridized carbons (Fsp3) is 0.650. The smallest absolute Gasteiger partial charge is 0.191 e. The third-order valence-corrected chi connectivity index (χ3v) is 4.70. The highest BCUT2D eigenvalue weighted by molar-refractivity contribution is 14.0. The van der Waals surface area contributed by atoms with E-state index in [0.29, 0.717) is 6.61 Å². The lowest BCUT2D eigenvalue weighted by atomic mass is 10.0. The summed E-state index contributed by atoms with van der Waals surface area (Å²) in [5.41, 5.74) is 0.0525. The van der Waals surface area contributed by atoms with Crippen molar-refractivity contribution in [3.63, 3.8) is 0 Å². The predicted molar refractivity (Wildman–Crippen MR) is 124 cm³/mol. The molecule has 1 aliphatic rings. The second kappa shape index (κ2) is 13.1. The number of hydrogen-bond acceptors (Lipinski definition) is 5. The average molecular weight is 506 g/mol. The molecule has 0 atom stereocenters. The zero-order chi connectivity index (χ0) is 19.5. The number of ether oxygens (including phenoxy) is 3. The van der Waals surface area contributed by atoms with Crippen LogP contribution in [0.5, 0.6) is 11.5 Å². The van der Waals surface area contributed by atoms with Crippen molar-refractivity contribution in [2.75, 3.05) is 60.2 Å². The van der Waals surface area contributed by atoms with Crippen LogP contribution in [0.3, 0.4) is 0 Å². The molecule has 1 aliphatic heterocycles. The number of morpholine rings is 1. The summed E-state index contributed by atoms with van der Waals surface area (Å²) in [5.74, 6) is 2.44. The number of rotatable bonds is 9. The number of benzene rings is 1. The Labute approximate surface area is 186 Å². The SMILES string of the molecule is CN=C(NCCCOc1cccc(OC)c1)NCC(C)(C)N1CCOCC1.I. The first-order valence-corrected chi connectivity index (χ1v) is 9.59. The lowest BCUT2D eigenvalue weighted by Crippen LogP contribution is -2.56. The molecule has 0 radical (unpaired) electrons. The van der Waals surface area contributed by atoms with Gasteiger partial charge in [-0.25, -0.2) is 0 Å². The predicted octanol–water partition coefficient (Wildman–Crippen LogP) is 2.36. The summed E-state index contributed by atoms with van der Waals surface area (Å²) in [4.78, 5) is 6.77. The Morgan fingerprint density at radius 3 is 2.61 bits per heavy atom. The molecule has 160 valence electrons. The van der Waals surface area contributed by atoms with Gasteiger partial charge in [-0.3, -0.25) is 9.89 Å². The van der Waals surface area contributed by atoms with Crippen molar-refractivity contribution in [3.8, 4) is 11.5 Å². The number of nitrogens with one attached hydrogen (secondary N) is 2. The first kappa shape index (κ1) is 24.8. The van der Waals surface area contributed by atoms with E-state index in [-0.39, 0.29) is 29.5 Å². The molecule has 0 saturated carbocycles. The monoisotopic (exact) mass is 506 g/mol. The molecule has 1 aromatic carbocycles. The number of nitrogens with zero attached hydrogens (tertiary/aromatic N) is 2. The zero-order valence-electron chi connectivity index (χ0n) is 17.5. The van der Waals surface area contributed by atoms with Crippen molar-refractivity contribution in [2.45, 2.75) is 25.8 Å². The third kappa shape index (κ3) is 8.40. The maximum Gasteiger partial charge on any atom is 0.191 e. The van der Waals surface area contributed by atoms with Crippen LogP contribution in [-0.2, 0) is 4.74 Å². The first-order chi connectivity index (χ1) is 13.0. The number of methoxy groups -OCH3 is 1. The molecule has 0 spiro atoms. The highest BCUT2D eigenvalue weighted by Crippen LogP contribution is 2.18. The van der Waals surface area contributed by atoms with Crippen molar-refractivity contribution in [1.29, 1.82) is 0 Å². The Hall–Kier alpha value is -1.26. The summed E-state index contributed by atoms with van der Waals surface area (Å²) in [6, 6.07) is 7.66. The van der Waals surface area contributed by atoms with Crippen molar-refractivity contribution >= 4 is 29.9 Å². The van der Waals surface area contributed by atoms with Gasteiger partial charge in [0.1, 0.15) is 11.5 Å². The lowest BCUT2D eigenvalue weighted by Gasteiger charge is -2.41. The maximum atomic E-state index is 5.76. The molecule has 7 nitrogen and oxygen atoms in total. The molecular weight excluding hydrogens is 471 g/mol. The van der Waals surface area contributed by atoms with Crippen LogP contribution >= 0.6 is 24.0 Å². The Balaban J connectivity index is 0.00000392. The highest BCUT2D eigenvalue weighted by atomic mass is 127. The molecule has 1 heterocycles. The van der Waals surface area contributed by atoms with Gasteiger partial charge in [-0.1, -0.05) is 6.07 Å². The number of hydrogen-bond donors (Lipinski definition) is 2. The van der Waals surface area contributed by atoms with Gasteiger partial charge >= 0.3 is 0 Å². The van der Waals surface area contributed by atoms with Gasteiger partial charge in [-0.05, 0) is 32.4 Å². The van der Waals surface area contributed by atoms with E-state index in [1.54, 1.807) is 14.2 Å². The largest absolute Gasteiger partial charge is 0.497 e. The fourth-order valence-corrected chi connectivity index (χ4v) is 2.96. The number of halogens is 1. The minimum Gasteiger partial charge on any atom is -0.497 e. The second-order valence-electron chi connectivity index (χ2n) is 7.15. The summed E-state index contributed by atoms with van der Waals surface area (Å²) in [6.45, 7) is 10.3. The molecule has 28 heavy (non-hydrogen) atoms. The quantitative estimate of drug-likeness (QED) is 0.232. The van der Waals surface area contributed by atoms with Crippen molar-refractivity contribution < 1.29 is 14.2 Å². The van der Waals surface area contributed by atoms with Crippen LogP contribution in [0.25, 0.3) is 0 Å². The van der Waals surface area contributed by atoms with E-state index < -0.39 is 0 Å². The standard InChI is InChI=1S/C20H34N4O3.HI/c1-20(2,24-10-13-26-14-11-24)16-23-19(21-3)22-9-6-12-27-18-8-5-7-17(15-18)25-4;/h5,7-8,15H,6,9-14,16H2,1-4H3,(H2,21,22,23);1H. The van der Waals surface area contributed by atoms with Crippen LogP contribution in [-0.4, -0.2) is 76.6 Å². The average Bonchev–Trinajstić information content (AvgIpc) is 2.71. The van der Waals surface area contributed by atoms with Crippen molar-refractivity contribution in [2.24, 2.45) is 4.99 Å². The van der Waals surface area contributed by atoms with Crippen LogP contribution in [0, 0.1) is 0 Å². The van der Waals surface area contributed by atoms with Gasteiger partial charge in [-0.15, -0.1) is 24.0 Å². The molecule has 0 bridgehead atoms. The van der Waals surface area contributed by atoms with Gasteiger partial charge in [0, 0.05) is 44.8 Å².